The summed E-state index contributed by atoms with van der Waals surface area (Å²) in [5.41, 5.74) is 10.2. The highest BCUT2D eigenvalue weighted by Crippen LogP contribution is 2.28. The minimum Gasteiger partial charge on any atom is -0.423 e. The molecule has 0 radical (unpaired) electrons. The molecular weight excluding hydrogens is 989 g/mol. The van der Waals surface area contributed by atoms with E-state index in [0.29, 0.717) is 50.7 Å². The Labute approximate surface area is 423 Å². The number of hydrogen-bond donors (Lipinski definition) is 5. The van der Waals surface area contributed by atoms with E-state index in [4.69, 9.17) is 50.6 Å². The number of rotatable bonds is 6. The number of halogens is 6. The van der Waals surface area contributed by atoms with Crippen LogP contribution in [0.4, 0.5) is 41.9 Å². The third-order valence-electron chi connectivity index (χ3n) is 9.43. The van der Waals surface area contributed by atoms with Crippen LogP contribution in [0.3, 0.4) is 0 Å². The van der Waals surface area contributed by atoms with E-state index in [9.17, 15) is 13.2 Å². The molecule has 0 fully saturated rings. The van der Waals surface area contributed by atoms with Crippen LogP contribution >= 0.6 is 34.8 Å². The van der Waals surface area contributed by atoms with E-state index in [-0.39, 0.29) is 28.0 Å². The fraction of sp³-hybridized carbons (Fsp3) is 0. The van der Waals surface area contributed by atoms with Gasteiger partial charge < -0.3 is 26.4 Å². The molecule has 0 aliphatic rings. The molecule has 0 aliphatic carbocycles. The van der Waals surface area contributed by atoms with Crippen LogP contribution in [-0.2, 0) is 0 Å². The first-order chi connectivity index (χ1) is 34.9. The van der Waals surface area contributed by atoms with Gasteiger partial charge in [0.15, 0.2) is 5.82 Å². The van der Waals surface area contributed by atoms with Crippen molar-refractivity contribution in [1.82, 2.24) is 49.8 Å². The third-order valence-corrected chi connectivity index (χ3v) is 10.1. The molecule has 6 N–H and O–H groups in total. The van der Waals surface area contributed by atoms with Crippen LogP contribution in [0.15, 0.2) is 183 Å². The highest BCUT2D eigenvalue weighted by Gasteiger charge is 2.12. The number of nitrogens with zero attached hydrogens (tertiary/aromatic N) is 10. The van der Waals surface area contributed by atoms with E-state index in [2.05, 4.69) is 60.5 Å². The van der Waals surface area contributed by atoms with E-state index < -0.39 is 7.12 Å². The molecule has 22 heteroatoms. The summed E-state index contributed by atoms with van der Waals surface area (Å²) in [6.45, 7) is 0. The molecule has 0 bridgehead atoms. The van der Waals surface area contributed by atoms with Gasteiger partial charge in [0.2, 0.25) is 10.6 Å². The Hall–Kier alpha value is -8.46. The lowest BCUT2D eigenvalue weighted by molar-refractivity contribution is 0.425. The van der Waals surface area contributed by atoms with Gasteiger partial charge in [0.25, 0.3) is 0 Å². The van der Waals surface area contributed by atoms with Crippen molar-refractivity contribution in [3.63, 3.8) is 0 Å². The van der Waals surface area contributed by atoms with Crippen molar-refractivity contribution in [2.75, 3.05) is 16.4 Å². The first kappa shape index (κ1) is 51.4. The SMILES string of the molecule is Clc1nc(Cl)c2ccccc2n1.Fc1cccc(Nc2nc(-c3cncnc3)nc3ccccc23)c1.Fc1cccc(Nc2nc(Cl)nc3ccccc23)c1.Nc1cccc(F)c1.OB(O)c1cncnc1. The number of nitrogens with one attached hydrogen (secondary N) is 2. The van der Waals surface area contributed by atoms with Gasteiger partial charge in [-0.05, 0) is 114 Å². The maximum Gasteiger partial charge on any atom is 0.491 e. The van der Waals surface area contributed by atoms with Crippen LogP contribution < -0.4 is 21.8 Å². The van der Waals surface area contributed by atoms with E-state index in [1.165, 1.54) is 61.4 Å². The zero-order valence-electron chi connectivity index (χ0n) is 37.1. The molecule has 5 aromatic heterocycles. The monoisotopic (exact) mass is 1020 g/mol. The Kier molecular flexibility index (Phi) is 18.1. The quantitative estimate of drug-likeness (QED) is 0.0453. The van der Waals surface area contributed by atoms with Crippen LogP contribution in [0.1, 0.15) is 0 Å². The minimum atomic E-state index is -1.47. The summed E-state index contributed by atoms with van der Waals surface area (Å²) in [6, 6.07) is 40.8. The standard InChI is InChI=1S/C18H12FN5.C14H9ClFN3.C8H4Cl2N2.C6H6FN.C4H5BN2O2/c19-13-4-3-5-14(8-13)22-18-15-6-1-2-7-16(15)23-17(24-18)12-9-20-11-21-10-12;15-14-18-12-7-2-1-6-11(12)13(19-14)17-10-5-3-4-9(16)8-10;9-7-5-3-1-2-4-6(5)11-8(10)12-7;7-5-2-1-3-6(8)4-5;8-5(9)4-1-6-3-7-2-4/h1-11H,(H,22,23,24);1-8H,(H,17,18,19);1-4H;1-4H,8H2;1-3,8-9H. The van der Waals surface area contributed by atoms with E-state index in [0.717, 1.165) is 32.7 Å². The number of anilines is 5. The topological polar surface area (TPSA) is 219 Å². The molecule has 0 saturated heterocycles. The predicted molar refractivity (Wildman–Crippen MR) is 277 cm³/mol. The Balaban J connectivity index is 0.000000141. The molecule has 11 rings (SSSR count). The number of hydrogen-bond acceptors (Lipinski definition) is 15. The highest BCUT2D eigenvalue weighted by atomic mass is 35.5. The Morgan fingerprint density at radius 3 is 1.39 bits per heavy atom. The fourth-order valence-electron chi connectivity index (χ4n) is 6.23. The highest BCUT2D eigenvalue weighted by molar-refractivity contribution is 6.58. The zero-order valence-corrected chi connectivity index (χ0v) is 39.4. The molecule has 72 heavy (non-hydrogen) atoms. The molecule has 0 saturated carbocycles. The van der Waals surface area contributed by atoms with Crippen molar-refractivity contribution in [3.8, 4) is 11.4 Å². The van der Waals surface area contributed by atoms with Crippen LogP contribution in [-0.4, -0.2) is 67.0 Å². The smallest absolute Gasteiger partial charge is 0.423 e. The first-order valence-corrected chi connectivity index (χ1v) is 22.2. The lowest BCUT2D eigenvalue weighted by Crippen LogP contribution is -2.30. The average Bonchev–Trinajstić information content (AvgIpc) is 3.37. The normalized spacial score (nSPS) is 10.3. The second kappa shape index (κ2) is 25.4. The second-order valence-electron chi connectivity index (χ2n) is 14.6. The Morgan fingerprint density at radius 2 is 0.903 bits per heavy atom. The average molecular weight is 1030 g/mol. The molecule has 0 spiro atoms. The number of para-hydroxylation sites is 3. The fourth-order valence-corrected chi connectivity index (χ4v) is 6.86. The van der Waals surface area contributed by atoms with Crippen molar-refractivity contribution in [2.45, 2.75) is 0 Å². The number of aromatic nitrogens is 10. The van der Waals surface area contributed by atoms with Crippen LogP contribution in [0.2, 0.25) is 15.7 Å². The minimum absolute atomic E-state index is 0.151. The Morgan fingerprint density at radius 1 is 0.458 bits per heavy atom. The van der Waals surface area contributed by atoms with Gasteiger partial charge in [0.1, 0.15) is 46.9 Å². The van der Waals surface area contributed by atoms with Gasteiger partial charge in [0, 0.05) is 63.5 Å². The van der Waals surface area contributed by atoms with Crippen LogP contribution in [0.5, 0.6) is 0 Å². The molecule has 0 unspecified atom stereocenters. The molecule has 5 heterocycles. The lowest BCUT2D eigenvalue weighted by Gasteiger charge is -2.11. The lowest BCUT2D eigenvalue weighted by atomic mass is 9.83. The van der Waals surface area contributed by atoms with E-state index in [1.54, 1.807) is 48.8 Å². The van der Waals surface area contributed by atoms with Crippen LogP contribution in [0, 0.1) is 17.5 Å². The molecule has 0 amide bonds. The van der Waals surface area contributed by atoms with Gasteiger partial charge in [-0.1, -0.05) is 66.2 Å². The summed E-state index contributed by atoms with van der Waals surface area (Å²) in [5.74, 6) is 0.758. The predicted octanol–water partition coefficient (Wildman–Crippen LogP) is 10.6. The van der Waals surface area contributed by atoms with Gasteiger partial charge in [-0.25, -0.2) is 58.0 Å². The van der Waals surface area contributed by atoms with E-state index in [1.807, 2.05) is 72.8 Å². The van der Waals surface area contributed by atoms with Gasteiger partial charge >= 0.3 is 7.12 Å². The molecule has 15 nitrogen and oxygen atoms in total. The maximum atomic E-state index is 13.4. The van der Waals surface area contributed by atoms with Crippen molar-refractivity contribution in [2.24, 2.45) is 0 Å². The van der Waals surface area contributed by atoms with Gasteiger partial charge in [-0.15, -0.1) is 0 Å². The molecule has 6 aromatic carbocycles. The Bertz CT molecular complexity index is 3530. The first-order valence-electron chi connectivity index (χ1n) is 21.1. The zero-order chi connectivity index (χ0) is 50.8. The number of fused-ring (bicyclic) bond motifs is 3. The molecule has 358 valence electrons. The van der Waals surface area contributed by atoms with Crippen LogP contribution in [0.25, 0.3) is 44.1 Å². The van der Waals surface area contributed by atoms with Gasteiger partial charge in [-0.3, -0.25) is 0 Å². The van der Waals surface area contributed by atoms with Crippen molar-refractivity contribution in [1.29, 1.82) is 0 Å². The summed E-state index contributed by atoms with van der Waals surface area (Å²) >= 11 is 17.3. The van der Waals surface area contributed by atoms with Crippen molar-refractivity contribution >= 4 is 109 Å². The van der Waals surface area contributed by atoms with Crippen molar-refractivity contribution in [3.05, 3.63) is 216 Å². The second-order valence-corrected chi connectivity index (χ2v) is 15.6. The summed E-state index contributed by atoms with van der Waals surface area (Å²) in [5, 5.41) is 26.4. The third kappa shape index (κ3) is 15.0. The number of benzene rings is 6. The summed E-state index contributed by atoms with van der Waals surface area (Å²) < 4.78 is 38.7. The number of nitrogens with two attached hydrogens (primary N) is 1. The molecule has 11 aromatic rings. The summed E-state index contributed by atoms with van der Waals surface area (Å²) in [6.07, 6.45) is 8.78. The number of nitrogen functional groups attached to an aromatic ring is 1. The summed E-state index contributed by atoms with van der Waals surface area (Å²) in [7, 11) is -1.47. The van der Waals surface area contributed by atoms with E-state index >= 15 is 0 Å². The maximum absolute atomic E-state index is 13.4. The molecular formula is C50H36BCl3F3N13O2. The van der Waals surface area contributed by atoms with Gasteiger partial charge in [-0.2, -0.15) is 4.98 Å². The van der Waals surface area contributed by atoms with Gasteiger partial charge in [0.05, 0.1) is 22.1 Å². The summed E-state index contributed by atoms with van der Waals surface area (Å²) in [4.78, 5) is 40.4. The molecule has 0 atom stereocenters. The largest absolute Gasteiger partial charge is 0.491 e. The molecule has 0 aliphatic heterocycles. The van der Waals surface area contributed by atoms with Crippen molar-refractivity contribution < 1.29 is 23.2 Å².